The topological polar surface area (TPSA) is 144 Å². The Kier molecular flexibility index (Phi) is 4.69. The smallest absolute Gasteiger partial charge is 0.337 e. The van der Waals surface area contributed by atoms with Crippen molar-refractivity contribution in [1.29, 1.82) is 0 Å². The van der Waals surface area contributed by atoms with Gasteiger partial charge in [0.1, 0.15) is 5.52 Å². The van der Waals surface area contributed by atoms with Gasteiger partial charge in [-0.15, -0.1) is 0 Å². The Morgan fingerprint density at radius 2 is 2.00 bits per heavy atom. The second kappa shape index (κ2) is 7.04. The number of pyridine rings is 1. The van der Waals surface area contributed by atoms with Gasteiger partial charge < -0.3 is 20.4 Å². The highest BCUT2D eigenvalue weighted by molar-refractivity contribution is 7.89. The van der Waals surface area contributed by atoms with Gasteiger partial charge >= 0.3 is 5.97 Å². The molecule has 3 heterocycles. The van der Waals surface area contributed by atoms with E-state index >= 15 is 0 Å². The highest BCUT2D eigenvalue weighted by Gasteiger charge is 2.21. The normalized spacial score (nSPS) is 16.0. The Morgan fingerprint density at radius 3 is 2.71 bits per heavy atom. The van der Waals surface area contributed by atoms with Crippen molar-refractivity contribution in [2.75, 3.05) is 19.6 Å². The van der Waals surface area contributed by atoms with E-state index in [9.17, 15) is 23.1 Å². The van der Waals surface area contributed by atoms with Gasteiger partial charge in [0, 0.05) is 29.0 Å². The second-order valence-electron chi connectivity index (χ2n) is 6.96. The molecule has 0 radical (unpaired) electrons. The van der Waals surface area contributed by atoms with E-state index in [0.29, 0.717) is 17.4 Å². The fourth-order valence-corrected chi connectivity index (χ4v) is 4.78. The van der Waals surface area contributed by atoms with Crippen molar-refractivity contribution in [2.45, 2.75) is 17.7 Å². The van der Waals surface area contributed by atoms with Gasteiger partial charge in [0.05, 0.1) is 10.5 Å². The van der Waals surface area contributed by atoms with Crippen molar-refractivity contribution in [1.82, 2.24) is 20.0 Å². The zero-order valence-corrected chi connectivity index (χ0v) is 15.7. The molecular weight excluding hydrogens is 384 g/mol. The number of rotatable bonds is 5. The van der Waals surface area contributed by atoms with Crippen LogP contribution in [0.2, 0.25) is 0 Å². The first-order chi connectivity index (χ1) is 13.4. The standard InChI is InChI=1S/C18H20N4O5S/c23-17-16-15(13(9-20-16)18(24)25)12-7-11(1-2-14(12)22-17)28(26,27)21-8-10-3-5-19-6-4-10/h1-2,7,9-10,19-21H,3-6,8H2,(H,22,23)(H,24,25). The predicted molar refractivity (Wildman–Crippen MR) is 104 cm³/mol. The van der Waals surface area contributed by atoms with E-state index in [1.165, 1.54) is 24.4 Å². The van der Waals surface area contributed by atoms with Gasteiger partial charge in [-0.2, -0.15) is 0 Å². The fraction of sp³-hybridized carbons (Fsp3) is 0.333. The minimum atomic E-state index is -3.77. The number of aromatic nitrogens is 2. The number of aromatic amines is 2. The van der Waals surface area contributed by atoms with Crippen LogP contribution in [0.3, 0.4) is 0 Å². The number of H-pyrrole nitrogens is 2. The number of carboxylic acid groups (broad SMARTS) is 1. The molecule has 148 valence electrons. The zero-order chi connectivity index (χ0) is 19.9. The first-order valence-corrected chi connectivity index (χ1v) is 10.5. The van der Waals surface area contributed by atoms with Crippen LogP contribution in [-0.4, -0.2) is 49.1 Å². The first-order valence-electron chi connectivity index (χ1n) is 8.97. The third-order valence-corrected chi connectivity index (χ3v) is 6.60. The zero-order valence-electron chi connectivity index (χ0n) is 14.9. The number of piperidine rings is 1. The highest BCUT2D eigenvalue weighted by Crippen LogP contribution is 2.27. The number of carboxylic acids is 1. The van der Waals surface area contributed by atoms with Crippen molar-refractivity contribution in [3.8, 4) is 0 Å². The van der Waals surface area contributed by atoms with E-state index in [1.54, 1.807) is 0 Å². The summed E-state index contributed by atoms with van der Waals surface area (Å²) in [6.45, 7) is 2.10. The lowest BCUT2D eigenvalue weighted by atomic mass is 9.99. The number of aromatic carboxylic acids is 1. The van der Waals surface area contributed by atoms with E-state index in [0.717, 1.165) is 25.9 Å². The van der Waals surface area contributed by atoms with E-state index in [2.05, 4.69) is 20.0 Å². The summed E-state index contributed by atoms with van der Waals surface area (Å²) in [6.07, 6.45) is 3.05. The van der Waals surface area contributed by atoms with Gasteiger partial charge in [-0.3, -0.25) is 4.79 Å². The summed E-state index contributed by atoms with van der Waals surface area (Å²) in [5.74, 6) is -0.918. The van der Waals surface area contributed by atoms with Crippen LogP contribution in [0.1, 0.15) is 23.2 Å². The van der Waals surface area contributed by atoms with Gasteiger partial charge in [0.15, 0.2) is 0 Å². The molecule has 9 nitrogen and oxygen atoms in total. The fourth-order valence-electron chi connectivity index (χ4n) is 3.64. The molecular formula is C18H20N4O5S. The molecule has 0 amide bonds. The summed E-state index contributed by atoms with van der Waals surface area (Å²) >= 11 is 0. The third kappa shape index (κ3) is 3.30. The maximum absolute atomic E-state index is 12.8. The Hall–Kier alpha value is -2.69. The number of nitrogens with one attached hydrogen (secondary N) is 4. The molecule has 10 heteroatoms. The van der Waals surface area contributed by atoms with Crippen molar-refractivity contribution in [2.24, 2.45) is 5.92 Å². The number of hydrogen-bond acceptors (Lipinski definition) is 5. The van der Waals surface area contributed by atoms with Gasteiger partial charge in [0.25, 0.3) is 5.56 Å². The Bertz CT molecular complexity index is 1220. The molecule has 5 N–H and O–H groups in total. The summed E-state index contributed by atoms with van der Waals surface area (Å²) < 4.78 is 28.2. The van der Waals surface area contributed by atoms with Crippen molar-refractivity contribution >= 4 is 37.8 Å². The molecule has 2 aromatic heterocycles. The van der Waals surface area contributed by atoms with E-state index in [1.807, 2.05) is 0 Å². The van der Waals surface area contributed by atoms with Crippen molar-refractivity contribution in [3.63, 3.8) is 0 Å². The summed E-state index contributed by atoms with van der Waals surface area (Å²) in [5.41, 5.74) is -0.0722. The minimum absolute atomic E-state index is 0.0276. The van der Waals surface area contributed by atoms with Crippen LogP contribution in [0, 0.1) is 5.92 Å². The molecule has 1 fully saturated rings. The van der Waals surface area contributed by atoms with Crippen LogP contribution in [-0.2, 0) is 10.0 Å². The van der Waals surface area contributed by atoms with Gasteiger partial charge in [-0.1, -0.05) is 0 Å². The summed E-state index contributed by atoms with van der Waals surface area (Å²) in [6, 6.07) is 4.29. The lowest BCUT2D eigenvalue weighted by Crippen LogP contribution is -2.35. The third-order valence-electron chi connectivity index (χ3n) is 5.18. The molecule has 0 aliphatic carbocycles. The van der Waals surface area contributed by atoms with Crippen LogP contribution in [0.25, 0.3) is 21.8 Å². The number of fused-ring (bicyclic) bond motifs is 3. The van der Waals surface area contributed by atoms with E-state index in [4.69, 9.17) is 0 Å². The maximum atomic E-state index is 12.8. The number of carbonyl (C=O) groups is 1. The predicted octanol–water partition coefficient (Wildman–Crippen LogP) is 0.985. The molecule has 1 saturated heterocycles. The monoisotopic (exact) mass is 404 g/mol. The molecule has 4 rings (SSSR count). The lowest BCUT2D eigenvalue weighted by Gasteiger charge is -2.22. The first kappa shape index (κ1) is 18.7. The Labute approximate surface area is 160 Å². The number of sulfonamides is 1. The van der Waals surface area contributed by atoms with Crippen LogP contribution in [0.5, 0.6) is 0 Å². The second-order valence-corrected chi connectivity index (χ2v) is 8.73. The molecule has 1 aliphatic rings. The molecule has 1 aromatic carbocycles. The SMILES string of the molecule is O=C(O)c1c[nH]c2c(=O)[nH]c3ccc(S(=O)(=O)NCC4CCNCC4)cc3c12. The average Bonchev–Trinajstić information content (AvgIpc) is 3.14. The highest BCUT2D eigenvalue weighted by atomic mass is 32.2. The van der Waals surface area contributed by atoms with Gasteiger partial charge in [-0.05, 0) is 50.0 Å². The molecule has 0 atom stereocenters. The quantitative estimate of drug-likeness (QED) is 0.429. The van der Waals surface area contributed by atoms with Crippen LogP contribution >= 0.6 is 0 Å². The number of hydrogen-bond donors (Lipinski definition) is 5. The lowest BCUT2D eigenvalue weighted by molar-refractivity contribution is 0.0699. The van der Waals surface area contributed by atoms with E-state index in [-0.39, 0.29) is 27.3 Å². The Balaban J connectivity index is 1.77. The molecule has 0 bridgehead atoms. The van der Waals surface area contributed by atoms with Crippen LogP contribution in [0.15, 0.2) is 34.1 Å². The minimum Gasteiger partial charge on any atom is -0.478 e. The number of benzene rings is 1. The van der Waals surface area contributed by atoms with Crippen LogP contribution < -0.4 is 15.6 Å². The summed E-state index contributed by atoms with van der Waals surface area (Å²) in [5, 5.41) is 13.2. The molecule has 1 aliphatic heterocycles. The average molecular weight is 404 g/mol. The largest absolute Gasteiger partial charge is 0.478 e. The maximum Gasteiger partial charge on any atom is 0.337 e. The molecule has 28 heavy (non-hydrogen) atoms. The summed E-state index contributed by atoms with van der Waals surface area (Å²) in [4.78, 5) is 29.0. The van der Waals surface area contributed by atoms with Crippen LogP contribution in [0.4, 0.5) is 0 Å². The summed E-state index contributed by atoms with van der Waals surface area (Å²) in [7, 11) is -3.77. The van der Waals surface area contributed by atoms with Crippen molar-refractivity contribution in [3.05, 3.63) is 40.3 Å². The molecule has 3 aromatic rings. The Morgan fingerprint density at radius 1 is 1.25 bits per heavy atom. The molecule has 0 unspecified atom stereocenters. The molecule has 0 spiro atoms. The van der Waals surface area contributed by atoms with E-state index < -0.39 is 21.6 Å². The van der Waals surface area contributed by atoms with Crippen molar-refractivity contribution < 1.29 is 18.3 Å². The van der Waals surface area contributed by atoms with Gasteiger partial charge in [0.2, 0.25) is 10.0 Å². The van der Waals surface area contributed by atoms with Gasteiger partial charge in [-0.25, -0.2) is 17.9 Å². The molecule has 0 saturated carbocycles.